The van der Waals surface area contributed by atoms with E-state index < -0.39 is 5.25 Å². The molecule has 188 valence electrons. The molecule has 0 radical (unpaired) electrons. The molecule has 2 amide bonds. The van der Waals surface area contributed by atoms with Crippen LogP contribution in [0.1, 0.15) is 42.6 Å². The van der Waals surface area contributed by atoms with Gasteiger partial charge in [-0.1, -0.05) is 56.0 Å². The van der Waals surface area contributed by atoms with Crippen molar-refractivity contribution in [3.05, 3.63) is 65.7 Å². The highest BCUT2D eigenvalue weighted by Crippen LogP contribution is 2.33. The Balaban J connectivity index is 1.40. The third-order valence-corrected chi connectivity index (χ3v) is 8.10. The van der Waals surface area contributed by atoms with E-state index in [1.165, 1.54) is 29.2 Å². The molecule has 8 heteroatoms. The molecule has 0 N–H and O–H groups in total. The van der Waals surface area contributed by atoms with Gasteiger partial charge in [0.05, 0.1) is 12.8 Å². The lowest BCUT2D eigenvalue weighted by Crippen LogP contribution is -2.41. The number of para-hydroxylation sites is 1. The van der Waals surface area contributed by atoms with Crippen LogP contribution in [-0.2, 0) is 9.59 Å². The number of ether oxygens (including phenoxy) is 1. The molecule has 0 aliphatic carbocycles. The predicted molar refractivity (Wildman–Crippen MR) is 148 cm³/mol. The standard InChI is InChI=1S/C28H30N2O4S2/c1-18-14-19(2)17-29(16-18)28(35)36-25-15-26(32)30(27(25)33)22-11-8-20(9-12-22)23(31)13-10-21-6-4-5-7-24(21)34-3/h4-13,18-19,25H,14-17H2,1-3H3/b13-10+/t18-,19+,25-/m0/s1. The fourth-order valence-corrected chi connectivity index (χ4v) is 6.29. The minimum Gasteiger partial charge on any atom is -0.496 e. The van der Waals surface area contributed by atoms with Crippen LogP contribution >= 0.6 is 24.0 Å². The maximum Gasteiger partial charge on any atom is 0.247 e. The van der Waals surface area contributed by atoms with Crippen LogP contribution in [0.4, 0.5) is 5.69 Å². The quantitative estimate of drug-likeness (QED) is 0.223. The van der Waals surface area contributed by atoms with Gasteiger partial charge in [0.25, 0.3) is 0 Å². The van der Waals surface area contributed by atoms with Crippen molar-refractivity contribution >= 4 is 57.7 Å². The van der Waals surface area contributed by atoms with Gasteiger partial charge < -0.3 is 9.64 Å². The molecule has 0 saturated carbocycles. The summed E-state index contributed by atoms with van der Waals surface area (Å²) in [4.78, 5) is 41.9. The van der Waals surface area contributed by atoms with E-state index in [9.17, 15) is 14.4 Å². The van der Waals surface area contributed by atoms with Gasteiger partial charge in [0, 0.05) is 30.6 Å². The van der Waals surface area contributed by atoms with Crippen molar-refractivity contribution in [3.63, 3.8) is 0 Å². The first-order chi connectivity index (χ1) is 17.3. The second-order valence-corrected chi connectivity index (χ2v) is 11.3. The minimum atomic E-state index is -0.525. The fraction of sp³-hybridized carbons (Fsp3) is 0.357. The van der Waals surface area contributed by atoms with Crippen molar-refractivity contribution in [2.24, 2.45) is 11.8 Å². The number of hydrogen-bond acceptors (Lipinski definition) is 6. The van der Waals surface area contributed by atoms with E-state index in [1.807, 2.05) is 24.3 Å². The maximum absolute atomic E-state index is 13.1. The Morgan fingerprint density at radius 2 is 1.72 bits per heavy atom. The van der Waals surface area contributed by atoms with Gasteiger partial charge in [-0.3, -0.25) is 14.4 Å². The zero-order valence-electron chi connectivity index (χ0n) is 20.7. The molecule has 3 atom stereocenters. The summed E-state index contributed by atoms with van der Waals surface area (Å²) in [6.45, 7) is 6.20. The molecule has 2 aromatic carbocycles. The van der Waals surface area contributed by atoms with Gasteiger partial charge in [-0.25, -0.2) is 4.90 Å². The van der Waals surface area contributed by atoms with Gasteiger partial charge in [-0.2, -0.15) is 0 Å². The summed E-state index contributed by atoms with van der Waals surface area (Å²) in [5.74, 6) is 1.08. The Labute approximate surface area is 221 Å². The van der Waals surface area contributed by atoms with Crippen molar-refractivity contribution in [1.29, 1.82) is 0 Å². The Morgan fingerprint density at radius 3 is 2.39 bits per heavy atom. The molecule has 0 spiro atoms. The number of benzene rings is 2. The third-order valence-electron chi connectivity index (χ3n) is 6.44. The van der Waals surface area contributed by atoms with Gasteiger partial charge >= 0.3 is 0 Å². The number of carbonyl (C=O) groups excluding carboxylic acids is 3. The highest BCUT2D eigenvalue weighted by molar-refractivity contribution is 8.23. The van der Waals surface area contributed by atoms with Crippen LogP contribution in [0.2, 0.25) is 0 Å². The summed E-state index contributed by atoms with van der Waals surface area (Å²) in [5, 5.41) is -0.525. The smallest absolute Gasteiger partial charge is 0.247 e. The van der Waals surface area contributed by atoms with Crippen molar-refractivity contribution in [2.45, 2.75) is 31.9 Å². The zero-order valence-corrected chi connectivity index (χ0v) is 22.3. The number of rotatable bonds is 6. The summed E-state index contributed by atoms with van der Waals surface area (Å²) in [6.07, 6.45) is 4.48. The molecule has 2 aliphatic heterocycles. The average molecular weight is 523 g/mol. The summed E-state index contributed by atoms with van der Waals surface area (Å²) in [6, 6.07) is 14.0. The number of nitrogens with zero attached hydrogens (tertiary/aromatic N) is 2. The Morgan fingerprint density at radius 1 is 1.06 bits per heavy atom. The summed E-state index contributed by atoms with van der Waals surface area (Å²) in [7, 11) is 1.58. The number of thiocarbonyl (C=S) groups is 1. The normalized spacial score (nSPS) is 22.4. The number of anilines is 1. The molecular formula is C28H30N2O4S2. The predicted octanol–water partition coefficient (Wildman–Crippen LogP) is 5.22. The molecule has 36 heavy (non-hydrogen) atoms. The van der Waals surface area contributed by atoms with E-state index in [1.54, 1.807) is 37.5 Å². The van der Waals surface area contributed by atoms with Gasteiger partial charge in [-0.05, 0) is 60.7 Å². The average Bonchev–Trinajstić information content (AvgIpc) is 3.14. The summed E-state index contributed by atoms with van der Waals surface area (Å²) >= 11 is 6.96. The van der Waals surface area contributed by atoms with Crippen molar-refractivity contribution in [2.75, 3.05) is 25.1 Å². The molecule has 2 fully saturated rings. The molecule has 2 aliphatic rings. The molecule has 2 saturated heterocycles. The number of carbonyl (C=O) groups is 3. The van der Waals surface area contributed by atoms with Crippen LogP contribution in [0.15, 0.2) is 54.6 Å². The largest absolute Gasteiger partial charge is 0.496 e. The highest BCUT2D eigenvalue weighted by atomic mass is 32.2. The van der Waals surface area contributed by atoms with E-state index >= 15 is 0 Å². The molecule has 0 bridgehead atoms. The topological polar surface area (TPSA) is 66.9 Å². The lowest BCUT2D eigenvalue weighted by molar-refractivity contribution is -0.121. The van der Waals surface area contributed by atoms with E-state index in [0.717, 1.165) is 18.7 Å². The molecule has 4 rings (SSSR count). The summed E-state index contributed by atoms with van der Waals surface area (Å²) < 4.78 is 5.99. The van der Waals surface area contributed by atoms with Crippen LogP contribution in [-0.4, -0.2) is 52.3 Å². The first kappa shape index (κ1) is 26.1. The Hall–Kier alpha value is -2.97. The number of amides is 2. The van der Waals surface area contributed by atoms with Crippen molar-refractivity contribution in [3.8, 4) is 5.75 Å². The van der Waals surface area contributed by atoms with E-state index in [4.69, 9.17) is 17.0 Å². The monoisotopic (exact) mass is 522 g/mol. The number of thioether (sulfide) groups is 1. The number of methoxy groups -OCH3 is 1. The van der Waals surface area contributed by atoms with E-state index in [0.29, 0.717) is 33.2 Å². The number of piperidine rings is 1. The van der Waals surface area contributed by atoms with Crippen molar-refractivity contribution < 1.29 is 19.1 Å². The molecule has 0 aromatic heterocycles. The first-order valence-electron chi connectivity index (χ1n) is 12.0. The van der Waals surface area contributed by atoms with Gasteiger partial charge in [0.15, 0.2) is 5.78 Å². The minimum absolute atomic E-state index is 0.116. The van der Waals surface area contributed by atoms with Crippen molar-refractivity contribution in [1.82, 2.24) is 4.90 Å². The number of hydrogen-bond donors (Lipinski definition) is 0. The Kier molecular flexibility index (Phi) is 8.26. The molecule has 2 heterocycles. The van der Waals surface area contributed by atoms with Crippen LogP contribution < -0.4 is 9.64 Å². The van der Waals surface area contributed by atoms with Crippen LogP contribution in [0, 0.1) is 11.8 Å². The second kappa shape index (κ2) is 11.4. The summed E-state index contributed by atoms with van der Waals surface area (Å²) in [5.41, 5.74) is 1.72. The van der Waals surface area contributed by atoms with Crippen LogP contribution in [0.5, 0.6) is 5.75 Å². The second-order valence-electron chi connectivity index (χ2n) is 9.48. The highest BCUT2D eigenvalue weighted by Gasteiger charge is 2.41. The number of allylic oxidation sites excluding steroid dienone is 1. The number of imide groups is 1. The lowest BCUT2D eigenvalue weighted by Gasteiger charge is -2.36. The van der Waals surface area contributed by atoms with Gasteiger partial charge in [0.2, 0.25) is 11.8 Å². The maximum atomic E-state index is 13.1. The van der Waals surface area contributed by atoms with Gasteiger partial charge in [0.1, 0.15) is 15.3 Å². The van der Waals surface area contributed by atoms with Gasteiger partial charge in [-0.15, -0.1) is 0 Å². The first-order valence-corrected chi connectivity index (χ1v) is 13.3. The Bertz CT molecular complexity index is 1180. The van der Waals surface area contributed by atoms with Crippen LogP contribution in [0.3, 0.4) is 0 Å². The number of likely N-dealkylation sites (tertiary alicyclic amines) is 1. The number of ketones is 1. The molecule has 2 aromatic rings. The fourth-order valence-electron chi connectivity index (χ4n) is 4.82. The lowest BCUT2D eigenvalue weighted by atomic mass is 9.92. The third kappa shape index (κ3) is 5.87. The van der Waals surface area contributed by atoms with E-state index in [-0.39, 0.29) is 24.0 Å². The molecular weight excluding hydrogens is 492 g/mol. The van der Waals surface area contributed by atoms with E-state index in [2.05, 4.69) is 18.7 Å². The zero-order chi connectivity index (χ0) is 25.8. The molecule has 6 nitrogen and oxygen atoms in total. The van der Waals surface area contributed by atoms with Crippen LogP contribution in [0.25, 0.3) is 6.08 Å². The SMILES string of the molecule is COc1ccccc1/C=C/C(=O)c1ccc(N2C(=O)C[C@H](SC(=S)N3C[C@H](C)C[C@H](C)C3)C2=O)cc1. The molecule has 0 unspecified atom stereocenters.